The summed E-state index contributed by atoms with van der Waals surface area (Å²) in [6, 6.07) is 8.16. The summed E-state index contributed by atoms with van der Waals surface area (Å²) in [6.45, 7) is 0. The van der Waals surface area contributed by atoms with Crippen LogP contribution >= 0.6 is 0 Å². The number of amides is 1. The van der Waals surface area contributed by atoms with Gasteiger partial charge >= 0.3 is 0 Å². The van der Waals surface area contributed by atoms with Crippen molar-refractivity contribution in [3.63, 3.8) is 0 Å². The molecule has 0 radical (unpaired) electrons. The average Bonchev–Trinajstić information content (AvgIpc) is 3.02. The lowest BCUT2D eigenvalue weighted by Gasteiger charge is -2.22. The Morgan fingerprint density at radius 1 is 1.26 bits per heavy atom. The van der Waals surface area contributed by atoms with Crippen LogP contribution in [0, 0.1) is 11.8 Å². The number of hydrogen-bond donors (Lipinski definition) is 1. The van der Waals surface area contributed by atoms with Crippen molar-refractivity contribution in [3.8, 4) is 5.75 Å². The third-order valence-electron chi connectivity index (χ3n) is 4.61. The van der Waals surface area contributed by atoms with Gasteiger partial charge in [0, 0.05) is 6.04 Å². The molecular formula is C16H21NO2. The van der Waals surface area contributed by atoms with Crippen molar-refractivity contribution in [2.45, 2.75) is 38.1 Å². The molecule has 102 valence electrons. The quantitative estimate of drug-likeness (QED) is 0.902. The Balaban J connectivity index is 1.53. The zero-order chi connectivity index (χ0) is 13.2. The summed E-state index contributed by atoms with van der Waals surface area (Å²) in [5.74, 6) is 2.60. The topological polar surface area (TPSA) is 38.3 Å². The highest BCUT2D eigenvalue weighted by atomic mass is 16.5. The van der Waals surface area contributed by atoms with E-state index in [2.05, 4.69) is 5.32 Å². The van der Waals surface area contributed by atoms with Gasteiger partial charge in [-0.1, -0.05) is 18.6 Å². The van der Waals surface area contributed by atoms with Crippen LogP contribution in [0.25, 0.3) is 0 Å². The van der Waals surface area contributed by atoms with Crippen molar-refractivity contribution in [1.29, 1.82) is 0 Å². The molecule has 3 nitrogen and oxygen atoms in total. The second-order valence-electron chi connectivity index (χ2n) is 5.87. The summed E-state index contributed by atoms with van der Waals surface area (Å²) in [6.07, 6.45) is 5.66. The van der Waals surface area contributed by atoms with Crippen molar-refractivity contribution in [1.82, 2.24) is 5.32 Å². The van der Waals surface area contributed by atoms with Crippen LogP contribution in [-0.4, -0.2) is 19.1 Å². The van der Waals surface area contributed by atoms with Gasteiger partial charge in [-0.25, -0.2) is 0 Å². The summed E-state index contributed by atoms with van der Waals surface area (Å²) in [7, 11) is 1.65. The maximum Gasteiger partial charge on any atom is 0.224 e. The third kappa shape index (κ3) is 2.75. The molecule has 0 spiro atoms. The van der Waals surface area contributed by atoms with E-state index >= 15 is 0 Å². The first-order chi connectivity index (χ1) is 9.24. The minimum Gasteiger partial charge on any atom is -0.497 e. The van der Waals surface area contributed by atoms with E-state index in [1.807, 2.05) is 24.3 Å². The number of fused-ring (bicyclic) bond motifs is 2. The molecule has 3 atom stereocenters. The highest BCUT2D eigenvalue weighted by Crippen LogP contribution is 2.44. The summed E-state index contributed by atoms with van der Waals surface area (Å²) in [4.78, 5) is 12.1. The van der Waals surface area contributed by atoms with Gasteiger partial charge in [-0.2, -0.15) is 0 Å². The van der Waals surface area contributed by atoms with Crippen LogP contribution in [0.15, 0.2) is 24.3 Å². The lowest BCUT2D eigenvalue weighted by atomic mass is 9.95. The van der Waals surface area contributed by atoms with Gasteiger partial charge < -0.3 is 10.1 Å². The standard InChI is InChI=1S/C16H21NO2/c1-19-14-6-3-11(4-7-14)10-16(18)17-15-9-12-2-5-13(15)8-12/h3-4,6-7,12-13,15H,2,5,8-10H2,1H3,(H,17,18)/t12-,13+,15+/m0/s1. The minimum atomic E-state index is 0.155. The number of rotatable bonds is 4. The van der Waals surface area contributed by atoms with E-state index in [1.54, 1.807) is 7.11 Å². The molecule has 2 bridgehead atoms. The Morgan fingerprint density at radius 2 is 2.05 bits per heavy atom. The number of methoxy groups -OCH3 is 1. The van der Waals surface area contributed by atoms with Gasteiger partial charge in [-0.3, -0.25) is 4.79 Å². The summed E-state index contributed by atoms with van der Waals surface area (Å²) < 4.78 is 5.11. The maximum atomic E-state index is 12.1. The number of carbonyl (C=O) groups excluding carboxylic acids is 1. The van der Waals surface area contributed by atoms with Gasteiger partial charge in [-0.15, -0.1) is 0 Å². The molecule has 0 unspecified atom stereocenters. The fourth-order valence-corrected chi connectivity index (χ4v) is 3.61. The van der Waals surface area contributed by atoms with Crippen LogP contribution in [0.5, 0.6) is 5.75 Å². The van der Waals surface area contributed by atoms with Crippen molar-refractivity contribution in [2.24, 2.45) is 11.8 Å². The number of carbonyl (C=O) groups is 1. The largest absolute Gasteiger partial charge is 0.497 e. The van der Waals surface area contributed by atoms with E-state index in [9.17, 15) is 4.79 Å². The monoisotopic (exact) mass is 259 g/mol. The molecule has 0 aliphatic heterocycles. The molecule has 1 aromatic rings. The molecule has 0 saturated heterocycles. The minimum absolute atomic E-state index is 0.155. The Morgan fingerprint density at radius 3 is 2.63 bits per heavy atom. The van der Waals surface area contributed by atoms with Gasteiger partial charge in [0.25, 0.3) is 0 Å². The molecule has 0 heterocycles. The smallest absolute Gasteiger partial charge is 0.224 e. The second-order valence-corrected chi connectivity index (χ2v) is 5.87. The SMILES string of the molecule is COc1ccc(CC(=O)N[C@@H]2C[C@H]3CC[C@@H]2C3)cc1. The first-order valence-corrected chi connectivity index (χ1v) is 7.17. The van der Waals surface area contributed by atoms with E-state index in [-0.39, 0.29) is 5.91 Å². The van der Waals surface area contributed by atoms with Gasteiger partial charge in [-0.05, 0) is 48.8 Å². The predicted molar refractivity (Wildman–Crippen MR) is 74.1 cm³/mol. The van der Waals surface area contributed by atoms with Crippen LogP contribution in [0.1, 0.15) is 31.2 Å². The van der Waals surface area contributed by atoms with Crippen molar-refractivity contribution in [3.05, 3.63) is 29.8 Å². The summed E-state index contributed by atoms with van der Waals surface area (Å²) in [5.41, 5.74) is 1.04. The molecule has 2 fully saturated rings. The molecule has 3 rings (SSSR count). The molecule has 1 N–H and O–H groups in total. The Hall–Kier alpha value is -1.51. The zero-order valence-corrected chi connectivity index (χ0v) is 11.4. The number of ether oxygens (including phenoxy) is 1. The van der Waals surface area contributed by atoms with E-state index in [0.29, 0.717) is 12.5 Å². The summed E-state index contributed by atoms with van der Waals surface area (Å²) >= 11 is 0. The average molecular weight is 259 g/mol. The van der Waals surface area contributed by atoms with Gasteiger partial charge in [0.2, 0.25) is 5.91 Å². The molecule has 1 aromatic carbocycles. The molecule has 1 amide bonds. The number of hydrogen-bond acceptors (Lipinski definition) is 2. The molecule has 2 saturated carbocycles. The molecule has 2 aliphatic carbocycles. The fraction of sp³-hybridized carbons (Fsp3) is 0.562. The number of nitrogens with one attached hydrogen (secondary N) is 1. The van der Waals surface area contributed by atoms with E-state index in [0.717, 1.165) is 23.1 Å². The predicted octanol–water partition coefficient (Wildman–Crippen LogP) is 2.54. The lowest BCUT2D eigenvalue weighted by molar-refractivity contribution is -0.121. The molecule has 19 heavy (non-hydrogen) atoms. The van der Waals surface area contributed by atoms with Crippen LogP contribution in [0.2, 0.25) is 0 Å². The molecule has 3 heteroatoms. The Bertz CT molecular complexity index is 454. The first-order valence-electron chi connectivity index (χ1n) is 7.17. The van der Waals surface area contributed by atoms with Crippen molar-refractivity contribution < 1.29 is 9.53 Å². The molecular weight excluding hydrogens is 238 g/mol. The Labute approximate surface area is 114 Å². The normalized spacial score (nSPS) is 28.4. The van der Waals surface area contributed by atoms with E-state index < -0.39 is 0 Å². The van der Waals surface area contributed by atoms with Gasteiger partial charge in [0.15, 0.2) is 0 Å². The molecule has 2 aliphatic rings. The van der Waals surface area contributed by atoms with E-state index in [4.69, 9.17) is 4.74 Å². The fourth-order valence-electron chi connectivity index (χ4n) is 3.61. The van der Waals surface area contributed by atoms with Crippen LogP contribution in [-0.2, 0) is 11.2 Å². The van der Waals surface area contributed by atoms with Crippen LogP contribution < -0.4 is 10.1 Å². The van der Waals surface area contributed by atoms with Crippen LogP contribution in [0.4, 0.5) is 0 Å². The Kier molecular flexibility index (Phi) is 3.45. The zero-order valence-electron chi connectivity index (χ0n) is 11.4. The van der Waals surface area contributed by atoms with Crippen molar-refractivity contribution in [2.75, 3.05) is 7.11 Å². The highest BCUT2D eigenvalue weighted by molar-refractivity contribution is 5.79. The first kappa shape index (κ1) is 12.5. The highest BCUT2D eigenvalue weighted by Gasteiger charge is 2.39. The van der Waals surface area contributed by atoms with E-state index in [1.165, 1.54) is 25.7 Å². The maximum absolute atomic E-state index is 12.1. The van der Waals surface area contributed by atoms with Gasteiger partial charge in [0.1, 0.15) is 5.75 Å². The molecule has 0 aromatic heterocycles. The second kappa shape index (κ2) is 5.24. The van der Waals surface area contributed by atoms with Crippen LogP contribution in [0.3, 0.4) is 0 Å². The summed E-state index contributed by atoms with van der Waals surface area (Å²) in [5, 5.41) is 3.22. The third-order valence-corrected chi connectivity index (χ3v) is 4.61. The number of benzene rings is 1. The van der Waals surface area contributed by atoms with Gasteiger partial charge in [0.05, 0.1) is 13.5 Å². The lowest BCUT2D eigenvalue weighted by Crippen LogP contribution is -2.39. The van der Waals surface area contributed by atoms with Crippen molar-refractivity contribution >= 4 is 5.91 Å².